The number of hydrogen-bond donors (Lipinski definition) is 3. The van der Waals surface area contributed by atoms with Crippen LogP contribution in [0.4, 0.5) is 0 Å². The molecular formula is C30H31N3O6S. The second-order valence-corrected chi connectivity index (χ2v) is 11.4. The van der Waals surface area contributed by atoms with Gasteiger partial charge in [0.1, 0.15) is 39.8 Å². The number of hydrogen-bond acceptors (Lipinski definition) is 9. The number of rotatable bonds is 7. The van der Waals surface area contributed by atoms with Crippen molar-refractivity contribution in [3.63, 3.8) is 0 Å². The number of thioether (sulfide) groups is 1. The number of aromatic nitrogens is 2. The van der Waals surface area contributed by atoms with Crippen LogP contribution in [0.15, 0.2) is 47.4 Å². The molecule has 1 aliphatic carbocycles. The Balaban J connectivity index is 1.62. The molecule has 3 aromatic rings. The predicted molar refractivity (Wildman–Crippen MR) is 153 cm³/mol. The third kappa shape index (κ3) is 3.92. The van der Waals surface area contributed by atoms with Gasteiger partial charge in [-0.15, -0.1) is 0 Å². The van der Waals surface area contributed by atoms with E-state index in [4.69, 9.17) is 9.72 Å². The van der Waals surface area contributed by atoms with Crippen LogP contribution in [0.2, 0.25) is 0 Å². The van der Waals surface area contributed by atoms with Crippen molar-refractivity contribution < 1.29 is 29.3 Å². The number of carbonyl (C=O) groups excluding carboxylic acids is 3. The second-order valence-electron chi connectivity index (χ2n) is 10.4. The smallest absolute Gasteiger partial charge is 0.194 e. The lowest BCUT2D eigenvalue weighted by atomic mass is 9.70. The topological polar surface area (TPSA) is 131 Å². The number of phenolic OH excluding ortho intramolecular Hbond substituents is 2. The number of nitrogens with one attached hydrogen (secondary N) is 1. The van der Waals surface area contributed by atoms with Gasteiger partial charge in [0, 0.05) is 24.4 Å². The number of benzene rings is 2. The Hall–Kier alpha value is -4.05. The summed E-state index contributed by atoms with van der Waals surface area (Å²) >= 11 is 1.68. The lowest BCUT2D eigenvalue weighted by Gasteiger charge is -2.30. The molecule has 1 aromatic heterocycles. The average molecular weight is 562 g/mol. The predicted octanol–water partition coefficient (Wildman–Crippen LogP) is 4.54. The zero-order valence-electron chi connectivity index (χ0n) is 23.2. The molecule has 2 heterocycles. The molecule has 5 rings (SSSR count). The number of aromatic hydroxyl groups is 2. The largest absolute Gasteiger partial charge is 0.507 e. The zero-order valence-corrected chi connectivity index (χ0v) is 24.0. The van der Waals surface area contributed by atoms with Crippen LogP contribution >= 0.6 is 11.8 Å². The summed E-state index contributed by atoms with van der Waals surface area (Å²) in [5.41, 5.74) is 0.544. The zero-order chi connectivity index (χ0) is 29.1. The highest BCUT2D eigenvalue weighted by Gasteiger charge is 2.56. The molecule has 0 fully saturated rings. The van der Waals surface area contributed by atoms with Gasteiger partial charge in [0.25, 0.3) is 0 Å². The number of phenols is 2. The second kappa shape index (κ2) is 9.85. The van der Waals surface area contributed by atoms with Crippen molar-refractivity contribution in [1.29, 1.82) is 0 Å². The molecule has 0 unspecified atom stereocenters. The molecule has 0 spiro atoms. The van der Waals surface area contributed by atoms with E-state index >= 15 is 0 Å². The summed E-state index contributed by atoms with van der Waals surface area (Å²) in [7, 11) is 1.94. The molecule has 0 saturated carbocycles. The molecular weight excluding hydrogens is 530 g/mol. The van der Waals surface area contributed by atoms with Crippen LogP contribution in [0.1, 0.15) is 60.5 Å². The molecule has 0 amide bonds. The Labute approximate surface area is 235 Å². The van der Waals surface area contributed by atoms with Gasteiger partial charge in [0.15, 0.2) is 17.3 Å². The first-order valence-corrected chi connectivity index (χ1v) is 14.3. The highest BCUT2D eigenvalue weighted by Crippen LogP contribution is 2.57. The standard InChI is InChI=1S/C30H31N3O6S/c1-14-25(36)23(16(3)34)27-24(26(14)37)30(4)21(39-27)13-20(35)22(28(30)38)15(2)31-18(11-12-40-6)29-32-17-9-7-8-10-19(17)33(29)5/h7-10,13,18,31,36-37H,11-12H2,1-6H3/b22-15+/t18-,30-/m0/s1. The van der Waals surface area contributed by atoms with Gasteiger partial charge in [-0.2, -0.15) is 11.8 Å². The molecule has 2 aliphatic rings. The highest BCUT2D eigenvalue weighted by molar-refractivity contribution is 7.98. The summed E-state index contributed by atoms with van der Waals surface area (Å²) < 4.78 is 7.87. The molecule has 40 heavy (non-hydrogen) atoms. The van der Waals surface area contributed by atoms with E-state index < -0.39 is 28.5 Å². The fourth-order valence-corrected chi connectivity index (χ4v) is 6.14. The number of aryl methyl sites for hydroxylation is 1. The van der Waals surface area contributed by atoms with Gasteiger partial charge in [-0.1, -0.05) is 12.1 Å². The summed E-state index contributed by atoms with van der Waals surface area (Å²) in [6.07, 6.45) is 3.93. The van der Waals surface area contributed by atoms with E-state index in [0.717, 1.165) is 22.6 Å². The molecule has 2 atom stereocenters. The number of Topliss-reactive ketones (excluding diaryl/α,β-unsaturated/α-hetero) is 2. The lowest BCUT2D eigenvalue weighted by Crippen LogP contribution is -2.41. The van der Waals surface area contributed by atoms with E-state index in [-0.39, 0.29) is 45.6 Å². The summed E-state index contributed by atoms with van der Waals surface area (Å²) in [6.45, 7) is 5.96. The Bertz CT molecular complexity index is 1680. The first kappa shape index (κ1) is 27.5. The Morgan fingerprint density at radius 1 is 1.20 bits per heavy atom. The first-order chi connectivity index (χ1) is 18.9. The molecule has 1 aliphatic heterocycles. The lowest BCUT2D eigenvalue weighted by molar-refractivity contribution is -0.123. The highest BCUT2D eigenvalue weighted by atomic mass is 32.2. The summed E-state index contributed by atoms with van der Waals surface area (Å²) in [6, 6.07) is 7.52. The van der Waals surface area contributed by atoms with E-state index in [1.54, 1.807) is 25.6 Å². The van der Waals surface area contributed by atoms with Crippen molar-refractivity contribution in [3.8, 4) is 17.2 Å². The Kier molecular flexibility index (Phi) is 6.78. The van der Waals surface area contributed by atoms with Crippen molar-refractivity contribution in [3.05, 3.63) is 69.9 Å². The number of ketones is 3. The monoisotopic (exact) mass is 561 g/mol. The van der Waals surface area contributed by atoms with Crippen LogP contribution in [0, 0.1) is 6.92 Å². The molecule has 0 bridgehead atoms. The van der Waals surface area contributed by atoms with Gasteiger partial charge in [0.05, 0.1) is 28.2 Å². The third-order valence-corrected chi connectivity index (χ3v) is 8.54. The fraction of sp³-hybridized carbons (Fsp3) is 0.333. The van der Waals surface area contributed by atoms with Crippen LogP contribution in [0.3, 0.4) is 0 Å². The fourth-order valence-electron chi connectivity index (χ4n) is 5.67. The molecule has 0 radical (unpaired) electrons. The van der Waals surface area contributed by atoms with Crippen molar-refractivity contribution in [2.45, 2.75) is 45.6 Å². The third-order valence-electron chi connectivity index (χ3n) is 7.89. The number of nitrogens with zero attached hydrogens (tertiary/aromatic N) is 2. The normalized spacial score (nSPS) is 20.1. The number of para-hydroxylation sites is 2. The summed E-state index contributed by atoms with van der Waals surface area (Å²) in [5, 5.41) is 25.0. The minimum atomic E-state index is -1.57. The number of allylic oxidation sites excluding steroid dienone is 4. The van der Waals surface area contributed by atoms with Crippen LogP contribution in [0.25, 0.3) is 11.0 Å². The maximum Gasteiger partial charge on any atom is 0.194 e. The van der Waals surface area contributed by atoms with Gasteiger partial charge in [-0.25, -0.2) is 4.98 Å². The average Bonchev–Trinajstić information content (AvgIpc) is 3.39. The molecule has 10 heteroatoms. The van der Waals surface area contributed by atoms with E-state index in [1.165, 1.54) is 19.9 Å². The first-order valence-electron chi connectivity index (χ1n) is 12.9. The van der Waals surface area contributed by atoms with Crippen LogP contribution < -0.4 is 10.1 Å². The van der Waals surface area contributed by atoms with Crippen LogP contribution in [-0.4, -0.2) is 49.1 Å². The van der Waals surface area contributed by atoms with Gasteiger partial charge in [0.2, 0.25) is 0 Å². The van der Waals surface area contributed by atoms with E-state index in [9.17, 15) is 24.6 Å². The maximum absolute atomic E-state index is 14.2. The van der Waals surface area contributed by atoms with Crippen LogP contribution in [-0.2, 0) is 22.1 Å². The van der Waals surface area contributed by atoms with Crippen molar-refractivity contribution in [2.75, 3.05) is 12.0 Å². The maximum atomic E-state index is 14.2. The van der Waals surface area contributed by atoms with E-state index in [2.05, 4.69) is 5.32 Å². The summed E-state index contributed by atoms with van der Waals surface area (Å²) in [5.74, 6) is -0.885. The number of ether oxygens (including phenoxy) is 1. The van der Waals surface area contributed by atoms with Crippen molar-refractivity contribution in [1.82, 2.24) is 14.9 Å². The van der Waals surface area contributed by atoms with Crippen molar-refractivity contribution >= 4 is 40.1 Å². The molecule has 0 saturated heterocycles. The SMILES string of the molecule is CSCC[C@H](N/C(C)=C1\C(=O)C=C2Oc3c(C(C)=O)c(O)c(C)c(O)c3[C@@]2(C)C1=O)c1nc2ccccc2n1C. The molecule has 9 nitrogen and oxygen atoms in total. The van der Waals surface area contributed by atoms with Gasteiger partial charge in [-0.3, -0.25) is 14.4 Å². The Morgan fingerprint density at radius 3 is 2.55 bits per heavy atom. The number of imidazole rings is 1. The van der Waals surface area contributed by atoms with Gasteiger partial charge in [-0.05, 0) is 58.3 Å². The molecule has 208 valence electrons. The van der Waals surface area contributed by atoms with E-state index in [1.807, 2.05) is 42.1 Å². The minimum absolute atomic E-state index is 0.00568. The quantitative estimate of drug-likeness (QED) is 0.216. The number of carbonyl (C=O) groups is 3. The molecule has 3 N–H and O–H groups in total. The summed E-state index contributed by atoms with van der Waals surface area (Å²) in [4.78, 5) is 44.8. The van der Waals surface area contributed by atoms with Crippen LogP contribution in [0.5, 0.6) is 17.2 Å². The van der Waals surface area contributed by atoms with Crippen molar-refractivity contribution in [2.24, 2.45) is 7.05 Å². The number of fused-ring (bicyclic) bond motifs is 4. The van der Waals surface area contributed by atoms with E-state index in [0.29, 0.717) is 12.1 Å². The van der Waals surface area contributed by atoms with Gasteiger partial charge < -0.3 is 24.8 Å². The Morgan fingerprint density at radius 2 is 1.90 bits per heavy atom. The molecule has 2 aromatic carbocycles. The minimum Gasteiger partial charge on any atom is -0.507 e. The van der Waals surface area contributed by atoms with Gasteiger partial charge >= 0.3 is 0 Å².